The van der Waals surface area contributed by atoms with Crippen molar-refractivity contribution in [1.82, 2.24) is 10.2 Å². The molecule has 2 amide bonds. The maximum absolute atomic E-state index is 12.2. The van der Waals surface area contributed by atoms with Crippen molar-refractivity contribution in [2.24, 2.45) is 0 Å². The molecule has 122 valence electrons. The zero-order valence-corrected chi connectivity index (χ0v) is 14.3. The summed E-state index contributed by atoms with van der Waals surface area (Å²) in [5.41, 5.74) is 1.23. The van der Waals surface area contributed by atoms with E-state index in [2.05, 4.69) is 33.4 Å². The van der Waals surface area contributed by atoms with Crippen LogP contribution in [0.1, 0.15) is 25.3 Å². The van der Waals surface area contributed by atoms with Gasteiger partial charge >= 0.3 is 6.03 Å². The predicted octanol–water partition coefficient (Wildman–Crippen LogP) is 1.91. The number of carbonyl (C=O) groups excluding carboxylic acids is 1. The molecule has 1 aliphatic rings. The summed E-state index contributed by atoms with van der Waals surface area (Å²) in [7, 11) is 0. The van der Waals surface area contributed by atoms with E-state index in [1.54, 1.807) is 0 Å². The highest BCUT2D eigenvalue weighted by Crippen LogP contribution is 2.18. The molecule has 0 saturated carbocycles. The van der Waals surface area contributed by atoms with Gasteiger partial charge in [0.25, 0.3) is 0 Å². The largest absolute Gasteiger partial charge is 0.394 e. The molecule has 6 heteroatoms. The number of likely N-dealkylation sites (tertiary alicyclic amines) is 1. The van der Waals surface area contributed by atoms with E-state index in [4.69, 9.17) is 0 Å². The molecule has 1 saturated heterocycles. The lowest BCUT2D eigenvalue weighted by Crippen LogP contribution is -2.47. The molecule has 0 bridgehead atoms. The van der Waals surface area contributed by atoms with Gasteiger partial charge in [0.05, 0.1) is 18.8 Å². The number of carbonyl (C=O) groups is 1. The van der Waals surface area contributed by atoms with Gasteiger partial charge in [-0.25, -0.2) is 4.79 Å². The first kappa shape index (κ1) is 17.2. The number of aliphatic hydroxyl groups is 2. The first-order valence-corrected chi connectivity index (χ1v) is 8.39. The van der Waals surface area contributed by atoms with Crippen molar-refractivity contribution in [3.05, 3.63) is 34.3 Å². The Morgan fingerprint density at radius 2 is 2.14 bits per heavy atom. The van der Waals surface area contributed by atoms with Crippen molar-refractivity contribution in [1.29, 1.82) is 0 Å². The van der Waals surface area contributed by atoms with Crippen LogP contribution in [0.15, 0.2) is 28.7 Å². The Morgan fingerprint density at radius 1 is 1.45 bits per heavy atom. The van der Waals surface area contributed by atoms with E-state index < -0.39 is 6.10 Å². The summed E-state index contributed by atoms with van der Waals surface area (Å²) in [5, 5.41) is 21.8. The molecule has 1 aliphatic heterocycles. The summed E-state index contributed by atoms with van der Waals surface area (Å²) < 4.78 is 1.06. The van der Waals surface area contributed by atoms with E-state index in [-0.39, 0.29) is 31.3 Å². The van der Waals surface area contributed by atoms with Gasteiger partial charge in [-0.3, -0.25) is 0 Å². The minimum atomic E-state index is -0.541. The molecule has 1 aromatic rings. The summed E-state index contributed by atoms with van der Waals surface area (Å²) in [5.74, 6) is 0. The van der Waals surface area contributed by atoms with Gasteiger partial charge in [0, 0.05) is 17.1 Å². The summed E-state index contributed by atoms with van der Waals surface area (Å²) >= 11 is 3.41. The Kier molecular flexibility index (Phi) is 6.23. The Hall–Kier alpha value is -1.11. The number of aryl methyl sites for hydroxylation is 1. The number of β-amino-alcohol motifs (C(OH)–C–C–N with tert-alkyl or cyclic N) is 1. The molecule has 0 spiro atoms. The van der Waals surface area contributed by atoms with E-state index in [1.807, 2.05) is 19.1 Å². The van der Waals surface area contributed by atoms with Gasteiger partial charge in [0.15, 0.2) is 0 Å². The highest BCUT2D eigenvalue weighted by Gasteiger charge is 2.34. The topological polar surface area (TPSA) is 72.8 Å². The standard InChI is InChI=1S/C16H23BrN2O3/c1-11(2-3-12-4-6-13(17)7-5-12)18-16(22)19-9-15(21)8-14(19)10-20/h4-7,11,14-15,20-21H,2-3,8-10H2,1H3,(H,18,22)/t11?,14-,15-/m0/s1. The van der Waals surface area contributed by atoms with Crippen molar-refractivity contribution < 1.29 is 15.0 Å². The van der Waals surface area contributed by atoms with Crippen LogP contribution in [0.3, 0.4) is 0 Å². The van der Waals surface area contributed by atoms with Crippen LogP contribution in [0, 0.1) is 0 Å². The average Bonchev–Trinajstić information content (AvgIpc) is 2.88. The fourth-order valence-electron chi connectivity index (χ4n) is 2.71. The van der Waals surface area contributed by atoms with Gasteiger partial charge in [-0.1, -0.05) is 28.1 Å². The minimum Gasteiger partial charge on any atom is -0.394 e. The SMILES string of the molecule is CC(CCc1ccc(Br)cc1)NC(=O)N1C[C@@H](O)C[C@H]1CO. The van der Waals surface area contributed by atoms with E-state index in [9.17, 15) is 15.0 Å². The quantitative estimate of drug-likeness (QED) is 0.741. The Labute approximate surface area is 139 Å². The van der Waals surface area contributed by atoms with Gasteiger partial charge in [0.1, 0.15) is 0 Å². The summed E-state index contributed by atoms with van der Waals surface area (Å²) in [4.78, 5) is 13.7. The number of nitrogens with zero attached hydrogens (tertiary/aromatic N) is 1. The lowest BCUT2D eigenvalue weighted by Gasteiger charge is -2.25. The zero-order chi connectivity index (χ0) is 16.1. The van der Waals surface area contributed by atoms with Crippen LogP contribution in [-0.2, 0) is 6.42 Å². The Morgan fingerprint density at radius 3 is 2.77 bits per heavy atom. The first-order chi connectivity index (χ1) is 10.5. The molecule has 22 heavy (non-hydrogen) atoms. The third kappa shape index (κ3) is 4.69. The fourth-order valence-corrected chi connectivity index (χ4v) is 2.98. The van der Waals surface area contributed by atoms with Crippen LogP contribution in [0.25, 0.3) is 0 Å². The van der Waals surface area contributed by atoms with Gasteiger partial charge in [0.2, 0.25) is 0 Å². The van der Waals surface area contributed by atoms with Crippen LogP contribution in [0.5, 0.6) is 0 Å². The van der Waals surface area contributed by atoms with Gasteiger partial charge in [-0.05, 0) is 43.9 Å². The molecule has 0 aromatic heterocycles. The minimum absolute atomic E-state index is 0.0354. The Balaban J connectivity index is 1.80. The Bertz CT molecular complexity index is 495. The molecule has 1 aromatic carbocycles. The highest BCUT2D eigenvalue weighted by atomic mass is 79.9. The number of benzene rings is 1. The van der Waals surface area contributed by atoms with Crippen molar-refractivity contribution in [2.45, 2.75) is 44.4 Å². The summed E-state index contributed by atoms with van der Waals surface area (Å²) in [6.07, 6.45) is 1.63. The lowest BCUT2D eigenvalue weighted by atomic mass is 10.1. The number of hydrogen-bond donors (Lipinski definition) is 3. The van der Waals surface area contributed by atoms with Gasteiger partial charge in [-0.2, -0.15) is 0 Å². The number of rotatable bonds is 5. The highest BCUT2D eigenvalue weighted by molar-refractivity contribution is 9.10. The number of amides is 2. The average molecular weight is 371 g/mol. The second kappa shape index (κ2) is 7.94. The molecule has 3 N–H and O–H groups in total. The number of aliphatic hydroxyl groups excluding tert-OH is 2. The second-order valence-electron chi connectivity index (χ2n) is 5.89. The van der Waals surface area contributed by atoms with Gasteiger partial charge in [-0.15, -0.1) is 0 Å². The van der Waals surface area contributed by atoms with E-state index in [0.717, 1.165) is 17.3 Å². The molecule has 1 unspecified atom stereocenters. The van der Waals surface area contributed by atoms with Crippen molar-refractivity contribution in [2.75, 3.05) is 13.2 Å². The summed E-state index contributed by atoms with van der Waals surface area (Å²) in [6, 6.07) is 7.70. The molecule has 2 rings (SSSR count). The van der Waals surface area contributed by atoms with Crippen LogP contribution >= 0.6 is 15.9 Å². The monoisotopic (exact) mass is 370 g/mol. The first-order valence-electron chi connectivity index (χ1n) is 7.60. The third-order valence-electron chi connectivity index (χ3n) is 4.01. The number of halogens is 1. The molecule has 0 aliphatic carbocycles. The molecule has 3 atom stereocenters. The fraction of sp³-hybridized carbons (Fsp3) is 0.562. The second-order valence-corrected chi connectivity index (χ2v) is 6.81. The van der Waals surface area contributed by atoms with E-state index in [0.29, 0.717) is 6.42 Å². The van der Waals surface area contributed by atoms with Crippen LogP contribution < -0.4 is 5.32 Å². The molecular weight excluding hydrogens is 348 g/mol. The normalized spacial score (nSPS) is 22.6. The van der Waals surface area contributed by atoms with E-state index in [1.165, 1.54) is 10.5 Å². The summed E-state index contributed by atoms with van der Waals surface area (Å²) in [6.45, 7) is 2.14. The zero-order valence-electron chi connectivity index (χ0n) is 12.7. The van der Waals surface area contributed by atoms with Crippen molar-refractivity contribution in [3.8, 4) is 0 Å². The number of hydrogen-bond acceptors (Lipinski definition) is 3. The molecule has 1 fully saturated rings. The molecule has 0 radical (unpaired) electrons. The van der Waals surface area contributed by atoms with Crippen molar-refractivity contribution >= 4 is 22.0 Å². The van der Waals surface area contributed by atoms with Crippen LogP contribution in [0.4, 0.5) is 4.79 Å². The molecule has 1 heterocycles. The van der Waals surface area contributed by atoms with Crippen LogP contribution in [-0.4, -0.2) is 52.5 Å². The third-order valence-corrected chi connectivity index (χ3v) is 4.54. The lowest BCUT2D eigenvalue weighted by molar-refractivity contribution is 0.152. The molecular formula is C16H23BrN2O3. The van der Waals surface area contributed by atoms with Gasteiger partial charge < -0.3 is 20.4 Å². The maximum Gasteiger partial charge on any atom is 0.318 e. The maximum atomic E-state index is 12.2. The molecule has 5 nitrogen and oxygen atoms in total. The van der Waals surface area contributed by atoms with Crippen LogP contribution in [0.2, 0.25) is 0 Å². The van der Waals surface area contributed by atoms with Crippen molar-refractivity contribution in [3.63, 3.8) is 0 Å². The van der Waals surface area contributed by atoms with E-state index >= 15 is 0 Å². The number of urea groups is 1. The smallest absolute Gasteiger partial charge is 0.318 e. The predicted molar refractivity (Wildman–Crippen MR) is 88.7 cm³/mol. The number of nitrogens with one attached hydrogen (secondary N) is 1.